The molecule has 1 aliphatic heterocycles. The minimum atomic E-state index is -0.497. The van der Waals surface area contributed by atoms with Gasteiger partial charge >= 0.3 is 5.95 Å². The first-order valence-electron chi connectivity index (χ1n) is 9.05. The molecule has 8 heteroatoms. The predicted molar refractivity (Wildman–Crippen MR) is 101 cm³/mol. The van der Waals surface area contributed by atoms with Crippen molar-refractivity contribution in [2.75, 3.05) is 6.79 Å². The minimum absolute atomic E-state index is 0.0537. The number of aromatic nitrogens is 3. The van der Waals surface area contributed by atoms with E-state index in [4.69, 9.17) is 18.6 Å². The molecule has 146 valence electrons. The molecule has 1 unspecified atom stereocenters. The lowest BCUT2D eigenvalue weighted by molar-refractivity contribution is -0.0231. The summed E-state index contributed by atoms with van der Waals surface area (Å²) >= 11 is 0. The van der Waals surface area contributed by atoms with Crippen molar-refractivity contribution < 1.29 is 23.7 Å². The highest BCUT2D eigenvalue weighted by atomic mass is 16.8. The number of ether oxygens (including phenoxy) is 3. The molecule has 0 aliphatic carbocycles. The van der Waals surface area contributed by atoms with Gasteiger partial charge in [0, 0.05) is 18.6 Å². The zero-order chi connectivity index (χ0) is 19.6. The van der Waals surface area contributed by atoms with Crippen molar-refractivity contribution in [3.63, 3.8) is 0 Å². The highest BCUT2D eigenvalue weighted by Crippen LogP contribution is 2.29. The number of rotatable bonds is 6. The molecule has 5 rings (SSSR count). The molecule has 0 amide bonds. The van der Waals surface area contributed by atoms with E-state index in [0.717, 1.165) is 5.56 Å². The summed E-state index contributed by atoms with van der Waals surface area (Å²) in [5.41, 5.74) is 2.65. The number of nitrogens with zero attached hydrogens (tertiary/aromatic N) is 3. The van der Waals surface area contributed by atoms with Crippen LogP contribution in [-0.4, -0.2) is 26.5 Å². The molecule has 1 N–H and O–H groups in total. The number of benzene rings is 1. The summed E-state index contributed by atoms with van der Waals surface area (Å²) in [6, 6.07) is 16.7. The molecule has 0 saturated heterocycles. The van der Waals surface area contributed by atoms with Gasteiger partial charge in [0.2, 0.25) is 12.7 Å². The average Bonchev–Trinajstić information content (AvgIpc) is 3.49. The fourth-order valence-corrected chi connectivity index (χ4v) is 3.15. The number of hydrogen-bond acceptors (Lipinski definition) is 7. The van der Waals surface area contributed by atoms with Gasteiger partial charge in [-0.05, 0) is 17.7 Å². The first-order chi connectivity index (χ1) is 14.3. The van der Waals surface area contributed by atoms with E-state index in [1.165, 1.54) is 16.8 Å². The quantitative estimate of drug-likeness (QED) is 0.534. The van der Waals surface area contributed by atoms with E-state index in [9.17, 15) is 5.11 Å². The van der Waals surface area contributed by atoms with E-state index in [-0.39, 0.29) is 18.6 Å². The molecule has 29 heavy (non-hydrogen) atoms. The van der Waals surface area contributed by atoms with Crippen LogP contribution in [0.5, 0.6) is 5.88 Å². The molecule has 1 atom stereocenters. The van der Waals surface area contributed by atoms with E-state index in [2.05, 4.69) is 10.1 Å². The van der Waals surface area contributed by atoms with Gasteiger partial charge in [0.25, 0.3) is 0 Å². The Hall–Kier alpha value is -3.94. The summed E-state index contributed by atoms with van der Waals surface area (Å²) in [7, 11) is 0. The molecular formula is C21H17N3O5. The average molecular weight is 391 g/mol. The summed E-state index contributed by atoms with van der Waals surface area (Å²) in [5.74, 6) is 0.814. The van der Waals surface area contributed by atoms with Crippen molar-refractivity contribution in [1.29, 1.82) is 0 Å². The summed E-state index contributed by atoms with van der Waals surface area (Å²) < 4.78 is 23.1. The van der Waals surface area contributed by atoms with Crippen LogP contribution in [0.25, 0.3) is 17.1 Å². The third-order valence-electron chi connectivity index (χ3n) is 4.50. The lowest BCUT2D eigenvalue weighted by atomic mass is 10.1. The molecular weight excluding hydrogens is 374 g/mol. The predicted octanol–water partition coefficient (Wildman–Crippen LogP) is 3.80. The molecule has 0 radical (unpaired) electrons. The first kappa shape index (κ1) is 17.2. The van der Waals surface area contributed by atoms with Crippen molar-refractivity contribution in [1.82, 2.24) is 14.6 Å². The van der Waals surface area contributed by atoms with Crippen molar-refractivity contribution >= 4 is 5.65 Å². The van der Waals surface area contributed by atoms with Crippen LogP contribution < -0.4 is 0 Å². The van der Waals surface area contributed by atoms with Crippen LogP contribution >= 0.6 is 0 Å². The fraction of sp³-hybridized carbons (Fsp3) is 0.143. The number of furan rings is 1. The third-order valence-corrected chi connectivity index (χ3v) is 4.50. The standard InChI is InChI=1S/C21H17N3O5/c25-20-11-15(22-19-10-16(23-24(19)20)17-7-4-8-27-17)18(29-21-12-26-13-28-21)9-14-5-2-1-3-6-14/h1-8,10-12,18,25H,9,13H2. The molecule has 4 aromatic rings. The molecule has 3 aromatic heterocycles. The first-order valence-corrected chi connectivity index (χ1v) is 9.05. The van der Waals surface area contributed by atoms with Crippen LogP contribution in [0.15, 0.2) is 77.5 Å². The summed E-state index contributed by atoms with van der Waals surface area (Å²) in [4.78, 5) is 4.66. The molecule has 8 nitrogen and oxygen atoms in total. The Morgan fingerprint density at radius 1 is 1.14 bits per heavy atom. The van der Waals surface area contributed by atoms with Gasteiger partial charge in [-0.15, -0.1) is 0 Å². The van der Waals surface area contributed by atoms with Crippen LogP contribution in [0, 0.1) is 0 Å². The molecule has 1 aromatic carbocycles. The molecule has 0 spiro atoms. The number of hydrogen-bond donors (Lipinski definition) is 1. The van der Waals surface area contributed by atoms with Crippen LogP contribution in [0.4, 0.5) is 0 Å². The summed E-state index contributed by atoms with van der Waals surface area (Å²) in [5, 5.41) is 14.9. The van der Waals surface area contributed by atoms with Gasteiger partial charge in [0.15, 0.2) is 17.7 Å². The molecule has 1 aliphatic rings. The van der Waals surface area contributed by atoms with Crippen molar-refractivity contribution in [3.05, 3.63) is 84.3 Å². The maximum absolute atomic E-state index is 10.5. The van der Waals surface area contributed by atoms with Crippen LogP contribution in [0.1, 0.15) is 17.4 Å². The van der Waals surface area contributed by atoms with Crippen molar-refractivity contribution in [2.45, 2.75) is 12.5 Å². The van der Waals surface area contributed by atoms with Crippen molar-refractivity contribution in [3.8, 4) is 17.3 Å². The van der Waals surface area contributed by atoms with E-state index < -0.39 is 6.10 Å². The Morgan fingerprint density at radius 2 is 2.03 bits per heavy atom. The number of aromatic hydroxyl groups is 1. The fourth-order valence-electron chi connectivity index (χ4n) is 3.15. The topological polar surface area (TPSA) is 91.2 Å². The second-order valence-corrected chi connectivity index (χ2v) is 6.48. The highest BCUT2D eigenvalue weighted by Gasteiger charge is 2.23. The Morgan fingerprint density at radius 3 is 2.79 bits per heavy atom. The zero-order valence-electron chi connectivity index (χ0n) is 15.3. The third kappa shape index (κ3) is 3.47. The molecule has 0 fully saturated rings. The van der Waals surface area contributed by atoms with E-state index in [1.807, 2.05) is 30.3 Å². The van der Waals surface area contributed by atoms with Gasteiger partial charge in [-0.1, -0.05) is 30.3 Å². The summed E-state index contributed by atoms with van der Waals surface area (Å²) in [6.45, 7) is 0.111. The van der Waals surface area contributed by atoms with Crippen LogP contribution in [0.3, 0.4) is 0 Å². The summed E-state index contributed by atoms with van der Waals surface area (Å²) in [6.07, 6.45) is 3.02. The van der Waals surface area contributed by atoms with Gasteiger partial charge in [-0.2, -0.15) is 9.61 Å². The maximum atomic E-state index is 10.5. The lowest BCUT2D eigenvalue weighted by Gasteiger charge is -2.18. The largest absolute Gasteiger partial charge is 0.493 e. The van der Waals surface area contributed by atoms with Gasteiger partial charge < -0.3 is 23.7 Å². The van der Waals surface area contributed by atoms with E-state index >= 15 is 0 Å². The van der Waals surface area contributed by atoms with Gasteiger partial charge in [0.1, 0.15) is 11.8 Å². The maximum Gasteiger partial charge on any atom is 0.319 e. The molecule has 0 saturated carbocycles. The Labute approximate surface area is 165 Å². The van der Waals surface area contributed by atoms with Gasteiger partial charge in [-0.25, -0.2) is 4.98 Å². The SMILES string of the molecule is Oc1cc(C(Cc2ccccc2)OC2=COCO2)nc2cc(-c3ccco3)nn12. The normalized spacial score (nSPS) is 14.3. The minimum Gasteiger partial charge on any atom is -0.493 e. The van der Waals surface area contributed by atoms with E-state index in [1.54, 1.807) is 24.5 Å². The smallest absolute Gasteiger partial charge is 0.319 e. The van der Waals surface area contributed by atoms with Gasteiger partial charge in [-0.3, -0.25) is 0 Å². The second kappa shape index (κ2) is 7.23. The van der Waals surface area contributed by atoms with Crippen LogP contribution in [-0.2, 0) is 20.6 Å². The Bertz CT molecular complexity index is 1150. The highest BCUT2D eigenvalue weighted by molar-refractivity contribution is 5.60. The lowest BCUT2D eigenvalue weighted by Crippen LogP contribution is -2.11. The number of fused-ring (bicyclic) bond motifs is 1. The van der Waals surface area contributed by atoms with Crippen LogP contribution in [0.2, 0.25) is 0 Å². The van der Waals surface area contributed by atoms with E-state index in [0.29, 0.717) is 29.2 Å². The van der Waals surface area contributed by atoms with Gasteiger partial charge in [0.05, 0.1) is 12.0 Å². The monoisotopic (exact) mass is 391 g/mol. The molecule has 0 bridgehead atoms. The van der Waals surface area contributed by atoms with Crippen molar-refractivity contribution in [2.24, 2.45) is 0 Å². The Kier molecular flexibility index (Phi) is 4.28. The molecule has 4 heterocycles. The zero-order valence-corrected chi connectivity index (χ0v) is 15.3. The second-order valence-electron chi connectivity index (χ2n) is 6.48. The Balaban J connectivity index is 1.53.